The van der Waals surface area contributed by atoms with Crippen LogP contribution < -0.4 is 16.6 Å². The second-order valence-electron chi connectivity index (χ2n) is 3.90. The normalized spacial score (nSPS) is 19.4. The predicted molar refractivity (Wildman–Crippen MR) is 76.0 cm³/mol. The first-order valence-corrected chi connectivity index (χ1v) is 7.26. The van der Waals surface area contributed by atoms with Gasteiger partial charge in [0, 0.05) is 6.54 Å². The number of hydrogen-bond acceptors (Lipinski definition) is 5. The molecule has 0 spiro atoms. The molecule has 1 aromatic rings. The van der Waals surface area contributed by atoms with Gasteiger partial charge in [-0.15, -0.1) is 0 Å². The zero-order valence-corrected chi connectivity index (χ0v) is 11.5. The van der Waals surface area contributed by atoms with Gasteiger partial charge in [0.15, 0.2) is 5.82 Å². The highest BCUT2D eigenvalue weighted by Gasteiger charge is 2.16. The molecule has 1 unspecified atom stereocenters. The van der Waals surface area contributed by atoms with Crippen LogP contribution in [0.4, 0.5) is 11.6 Å². The molecule has 1 aliphatic rings. The Kier molecular flexibility index (Phi) is 4.62. The topological polar surface area (TPSA) is 63.0 Å². The Morgan fingerprint density at radius 1 is 1.41 bits per heavy atom. The SMILES string of the molecule is NNc1nc(NCC2CCSC2)c(Cl)cc1Cl. The molecular weight excluding hydrogens is 279 g/mol. The summed E-state index contributed by atoms with van der Waals surface area (Å²) < 4.78 is 0. The van der Waals surface area contributed by atoms with Crippen molar-refractivity contribution in [1.29, 1.82) is 0 Å². The third-order valence-electron chi connectivity index (χ3n) is 2.65. The van der Waals surface area contributed by atoms with Crippen molar-refractivity contribution in [3.8, 4) is 0 Å². The molecule has 0 aliphatic carbocycles. The fourth-order valence-electron chi connectivity index (χ4n) is 1.68. The smallest absolute Gasteiger partial charge is 0.161 e. The molecule has 0 amide bonds. The number of anilines is 2. The highest BCUT2D eigenvalue weighted by Crippen LogP contribution is 2.29. The molecule has 1 atom stereocenters. The minimum Gasteiger partial charge on any atom is -0.368 e. The van der Waals surface area contributed by atoms with Crippen LogP contribution in [0.2, 0.25) is 10.0 Å². The molecule has 0 aromatic carbocycles. The van der Waals surface area contributed by atoms with Gasteiger partial charge in [0.25, 0.3) is 0 Å². The van der Waals surface area contributed by atoms with E-state index in [0.717, 1.165) is 6.54 Å². The molecule has 1 aromatic heterocycles. The monoisotopic (exact) mass is 292 g/mol. The summed E-state index contributed by atoms with van der Waals surface area (Å²) in [6.45, 7) is 0.880. The molecular formula is C10H14Cl2N4S. The van der Waals surface area contributed by atoms with Gasteiger partial charge < -0.3 is 10.7 Å². The van der Waals surface area contributed by atoms with Crippen LogP contribution in [-0.4, -0.2) is 23.0 Å². The van der Waals surface area contributed by atoms with Crippen molar-refractivity contribution < 1.29 is 0 Å². The average Bonchev–Trinajstić information content (AvgIpc) is 2.81. The summed E-state index contributed by atoms with van der Waals surface area (Å²) in [6, 6.07) is 1.64. The summed E-state index contributed by atoms with van der Waals surface area (Å²) in [5.41, 5.74) is 2.45. The summed E-state index contributed by atoms with van der Waals surface area (Å²) in [5, 5.41) is 4.18. The Morgan fingerprint density at radius 2 is 2.18 bits per heavy atom. The summed E-state index contributed by atoms with van der Waals surface area (Å²) >= 11 is 14.0. The predicted octanol–water partition coefficient (Wildman–Crippen LogP) is 2.84. The second-order valence-corrected chi connectivity index (χ2v) is 5.87. The van der Waals surface area contributed by atoms with Gasteiger partial charge >= 0.3 is 0 Å². The van der Waals surface area contributed by atoms with Gasteiger partial charge in [-0.2, -0.15) is 11.8 Å². The number of thioether (sulfide) groups is 1. The zero-order chi connectivity index (χ0) is 12.3. The molecule has 1 aliphatic heterocycles. The molecule has 0 radical (unpaired) electrons. The number of nitrogen functional groups attached to an aromatic ring is 1. The largest absolute Gasteiger partial charge is 0.368 e. The Labute approximate surface area is 115 Å². The Bertz CT molecular complexity index is 396. The van der Waals surface area contributed by atoms with Crippen molar-refractivity contribution in [2.24, 2.45) is 11.8 Å². The molecule has 2 heterocycles. The van der Waals surface area contributed by atoms with Crippen molar-refractivity contribution in [2.45, 2.75) is 6.42 Å². The van der Waals surface area contributed by atoms with Gasteiger partial charge in [-0.25, -0.2) is 10.8 Å². The van der Waals surface area contributed by atoms with E-state index in [1.54, 1.807) is 6.07 Å². The van der Waals surface area contributed by atoms with Crippen molar-refractivity contribution in [3.63, 3.8) is 0 Å². The molecule has 4 nitrogen and oxygen atoms in total. The highest BCUT2D eigenvalue weighted by atomic mass is 35.5. The Morgan fingerprint density at radius 3 is 2.82 bits per heavy atom. The third-order valence-corrected chi connectivity index (χ3v) is 4.46. The molecule has 17 heavy (non-hydrogen) atoms. The van der Waals surface area contributed by atoms with E-state index in [4.69, 9.17) is 29.0 Å². The van der Waals surface area contributed by atoms with Crippen LogP contribution in [0.15, 0.2) is 6.07 Å². The molecule has 0 bridgehead atoms. The number of pyridine rings is 1. The fraction of sp³-hybridized carbons (Fsp3) is 0.500. The van der Waals surface area contributed by atoms with E-state index in [1.165, 1.54) is 17.9 Å². The van der Waals surface area contributed by atoms with E-state index < -0.39 is 0 Å². The van der Waals surface area contributed by atoms with E-state index in [-0.39, 0.29) is 0 Å². The van der Waals surface area contributed by atoms with Crippen molar-refractivity contribution >= 4 is 46.6 Å². The Hall–Kier alpha value is -0.360. The second kappa shape index (κ2) is 6.00. The lowest BCUT2D eigenvalue weighted by atomic mass is 10.1. The third kappa shape index (κ3) is 3.31. The lowest BCUT2D eigenvalue weighted by Gasteiger charge is -2.13. The van der Waals surface area contributed by atoms with Gasteiger partial charge in [-0.1, -0.05) is 23.2 Å². The molecule has 7 heteroatoms. The summed E-state index contributed by atoms with van der Waals surface area (Å²) in [6.07, 6.45) is 1.24. The van der Waals surface area contributed by atoms with E-state index in [1.807, 2.05) is 11.8 Å². The van der Waals surface area contributed by atoms with Crippen LogP contribution in [0.5, 0.6) is 0 Å². The van der Waals surface area contributed by atoms with Gasteiger partial charge in [0.05, 0.1) is 10.0 Å². The van der Waals surface area contributed by atoms with Crippen LogP contribution in [0, 0.1) is 5.92 Å². The van der Waals surface area contributed by atoms with Gasteiger partial charge in [-0.05, 0) is 29.9 Å². The van der Waals surface area contributed by atoms with Crippen LogP contribution >= 0.6 is 35.0 Å². The van der Waals surface area contributed by atoms with Crippen molar-refractivity contribution in [2.75, 3.05) is 28.8 Å². The maximum absolute atomic E-state index is 6.06. The Balaban J connectivity index is 2.03. The molecule has 4 N–H and O–H groups in total. The van der Waals surface area contributed by atoms with E-state index in [2.05, 4.69) is 15.7 Å². The summed E-state index contributed by atoms with van der Waals surface area (Å²) in [7, 11) is 0. The minimum absolute atomic E-state index is 0.416. The van der Waals surface area contributed by atoms with Gasteiger partial charge in [-0.3, -0.25) is 0 Å². The number of hydrogen-bond donors (Lipinski definition) is 3. The number of aromatic nitrogens is 1. The molecule has 1 fully saturated rings. The number of nitrogens with one attached hydrogen (secondary N) is 2. The average molecular weight is 293 g/mol. The zero-order valence-electron chi connectivity index (χ0n) is 9.17. The first kappa shape index (κ1) is 13.1. The number of halogens is 2. The molecule has 94 valence electrons. The molecule has 1 saturated heterocycles. The van der Waals surface area contributed by atoms with Crippen LogP contribution in [0.3, 0.4) is 0 Å². The summed E-state index contributed by atoms with van der Waals surface area (Å²) in [5.74, 6) is 9.49. The molecule has 0 saturated carbocycles. The number of rotatable bonds is 4. The number of hydrazine groups is 1. The summed E-state index contributed by atoms with van der Waals surface area (Å²) in [4.78, 5) is 4.23. The van der Waals surface area contributed by atoms with Crippen LogP contribution in [0.25, 0.3) is 0 Å². The lowest BCUT2D eigenvalue weighted by Crippen LogP contribution is -2.16. The maximum atomic E-state index is 6.06. The van der Waals surface area contributed by atoms with E-state index >= 15 is 0 Å². The van der Waals surface area contributed by atoms with E-state index in [9.17, 15) is 0 Å². The first-order valence-electron chi connectivity index (χ1n) is 5.35. The minimum atomic E-state index is 0.416. The van der Waals surface area contributed by atoms with Crippen LogP contribution in [-0.2, 0) is 0 Å². The maximum Gasteiger partial charge on any atom is 0.161 e. The standard InChI is InChI=1S/C10H14Cl2N4S/c11-7-3-8(12)10(16-13)15-9(7)14-4-6-1-2-17-5-6/h3,6H,1-2,4-5,13H2,(H2,14,15,16). The quantitative estimate of drug-likeness (QED) is 0.588. The fourth-order valence-corrected chi connectivity index (χ4v) is 3.44. The number of nitrogens with two attached hydrogens (primary N) is 1. The van der Waals surface area contributed by atoms with E-state index in [0.29, 0.717) is 27.6 Å². The number of nitrogens with zero attached hydrogens (tertiary/aromatic N) is 1. The molecule has 2 rings (SSSR count). The first-order chi connectivity index (χ1) is 8.20. The van der Waals surface area contributed by atoms with Crippen molar-refractivity contribution in [3.05, 3.63) is 16.1 Å². The van der Waals surface area contributed by atoms with Crippen molar-refractivity contribution in [1.82, 2.24) is 4.98 Å². The van der Waals surface area contributed by atoms with Crippen LogP contribution in [0.1, 0.15) is 6.42 Å². The highest BCUT2D eigenvalue weighted by molar-refractivity contribution is 7.99. The van der Waals surface area contributed by atoms with Gasteiger partial charge in [0.1, 0.15) is 5.82 Å². The van der Waals surface area contributed by atoms with Gasteiger partial charge in [0.2, 0.25) is 0 Å². The lowest BCUT2D eigenvalue weighted by molar-refractivity contribution is 0.630.